The number of esters is 1. The number of ether oxygens (including phenoxy) is 1. The second-order valence-corrected chi connectivity index (χ2v) is 8.79. The highest BCUT2D eigenvalue weighted by atomic mass is 16.6. The van der Waals surface area contributed by atoms with E-state index in [2.05, 4.69) is 0 Å². The number of phenolic OH excluding ortho intramolecular Hbond substituents is 6. The van der Waals surface area contributed by atoms with Crippen molar-refractivity contribution in [1.29, 1.82) is 0 Å². The van der Waals surface area contributed by atoms with Gasteiger partial charge in [-0.3, -0.25) is 0 Å². The van der Waals surface area contributed by atoms with Crippen molar-refractivity contribution in [3.63, 3.8) is 0 Å². The Kier molecular flexibility index (Phi) is 9.61. The van der Waals surface area contributed by atoms with E-state index in [0.717, 1.165) is 12.1 Å². The molecule has 0 bridgehead atoms. The van der Waals surface area contributed by atoms with Crippen LogP contribution in [0.3, 0.4) is 0 Å². The number of hydrogen-bond acceptors (Lipinski definition) is 10. The molecule has 0 saturated carbocycles. The molecule has 8 N–H and O–H groups in total. The lowest BCUT2D eigenvalue weighted by Crippen LogP contribution is -2.28. The molecule has 0 amide bonds. The van der Waals surface area contributed by atoms with E-state index in [1.807, 2.05) is 0 Å². The van der Waals surface area contributed by atoms with Gasteiger partial charge in [-0.05, 0) is 83.1 Å². The monoisotopic (exact) mass is 552 g/mol. The molecular weight excluding hydrogens is 524 g/mol. The largest absolute Gasteiger partial charge is 0.504 e. The number of carbonyl (C=O) groups is 2. The molecule has 210 valence electrons. The molecule has 40 heavy (non-hydrogen) atoms. The van der Waals surface area contributed by atoms with E-state index in [9.17, 15) is 45.3 Å². The van der Waals surface area contributed by atoms with Crippen molar-refractivity contribution >= 4 is 30.2 Å². The average Bonchev–Trinajstić information content (AvgIpc) is 2.90. The van der Waals surface area contributed by atoms with Crippen LogP contribution in [0.25, 0.3) is 18.2 Å². The number of aryl methyl sites for hydroxylation is 1. The normalized spacial score (nSPS) is 12.1. The van der Waals surface area contributed by atoms with Crippen LogP contribution >= 0.6 is 0 Å². The van der Waals surface area contributed by atoms with E-state index in [-0.39, 0.29) is 35.8 Å². The zero-order valence-electron chi connectivity index (χ0n) is 21.1. The Morgan fingerprint density at radius 2 is 1.27 bits per heavy atom. The molecule has 0 aliphatic rings. The molecule has 11 heteroatoms. The smallest absolute Gasteiger partial charge is 0.345 e. The number of benzene rings is 3. The third-order valence-corrected chi connectivity index (χ3v) is 5.86. The lowest BCUT2D eigenvalue weighted by atomic mass is 9.99. The molecule has 0 fully saturated rings. The highest BCUT2D eigenvalue weighted by Gasteiger charge is 2.22. The summed E-state index contributed by atoms with van der Waals surface area (Å²) in [4.78, 5) is 24.1. The zero-order valence-corrected chi connectivity index (χ0v) is 21.1. The van der Waals surface area contributed by atoms with Gasteiger partial charge in [0.05, 0.1) is 0 Å². The second-order valence-electron chi connectivity index (χ2n) is 8.79. The standard InChI is InChI=1S/C29H28O11/c30-9-1-2-17-12-23(33)24(34)13-18(17)4-5-19-14-25(35)26(36)15-20(19)6-8-28(37)40-27(29(38)39)11-16-3-7-21(31)22(32)10-16/h3-8,10,12-15,27,30-36H,1-2,9,11H2,(H,38,39)/b5-4+,8-6+/t27-/m1/s1. The maximum Gasteiger partial charge on any atom is 0.345 e. The van der Waals surface area contributed by atoms with Crippen LogP contribution in [0.15, 0.2) is 48.5 Å². The lowest BCUT2D eigenvalue weighted by molar-refractivity contribution is -0.160. The first-order valence-corrected chi connectivity index (χ1v) is 12.0. The van der Waals surface area contributed by atoms with Gasteiger partial charge >= 0.3 is 11.9 Å². The minimum atomic E-state index is -1.60. The predicted octanol–water partition coefficient (Wildman–Crippen LogP) is 3.27. The first-order valence-electron chi connectivity index (χ1n) is 12.0. The Morgan fingerprint density at radius 3 is 1.88 bits per heavy atom. The fourth-order valence-electron chi connectivity index (χ4n) is 3.78. The Morgan fingerprint density at radius 1 is 0.725 bits per heavy atom. The van der Waals surface area contributed by atoms with Crippen molar-refractivity contribution in [2.24, 2.45) is 0 Å². The fraction of sp³-hybridized carbons (Fsp3) is 0.172. The average molecular weight is 553 g/mol. The maximum absolute atomic E-state index is 12.4. The number of aromatic hydroxyl groups is 6. The van der Waals surface area contributed by atoms with Crippen LogP contribution in [-0.4, -0.2) is 65.5 Å². The molecule has 0 spiro atoms. The summed E-state index contributed by atoms with van der Waals surface area (Å²) in [7, 11) is 0. The highest BCUT2D eigenvalue weighted by Crippen LogP contribution is 2.33. The Bertz CT molecular complexity index is 1460. The van der Waals surface area contributed by atoms with Crippen molar-refractivity contribution in [2.75, 3.05) is 6.61 Å². The zero-order chi connectivity index (χ0) is 29.4. The third-order valence-electron chi connectivity index (χ3n) is 5.86. The fourth-order valence-corrected chi connectivity index (χ4v) is 3.78. The van der Waals surface area contributed by atoms with Gasteiger partial charge in [0.25, 0.3) is 0 Å². The maximum atomic E-state index is 12.4. The van der Waals surface area contributed by atoms with Crippen molar-refractivity contribution < 1.29 is 55.2 Å². The quantitative estimate of drug-likeness (QED) is 0.0750. The van der Waals surface area contributed by atoms with Crippen LogP contribution in [0.5, 0.6) is 34.5 Å². The number of rotatable bonds is 11. The first-order chi connectivity index (χ1) is 19.0. The van der Waals surface area contributed by atoms with Crippen LogP contribution in [0.2, 0.25) is 0 Å². The molecule has 3 rings (SSSR count). The highest BCUT2D eigenvalue weighted by molar-refractivity contribution is 5.90. The van der Waals surface area contributed by atoms with Crippen LogP contribution < -0.4 is 0 Å². The van der Waals surface area contributed by atoms with Crippen LogP contribution in [-0.2, 0) is 27.2 Å². The van der Waals surface area contributed by atoms with Gasteiger partial charge in [-0.2, -0.15) is 0 Å². The lowest BCUT2D eigenvalue weighted by Gasteiger charge is -2.13. The van der Waals surface area contributed by atoms with Gasteiger partial charge in [0.15, 0.2) is 34.5 Å². The van der Waals surface area contributed by atoms with Gasteiger partial charge in [-0.15, -0.1) is 0 Å². The molecule has 3 aromatic rings. The first kappa shape index (κ1) is 29.4. The van der Waals surface area contributed by atoms with Crippen LogP contribution in [0, 0.1) is 0 Å². The summed E-state index contributed by atoms with van der Waals surface area (Å²) < 4.78 is 5.04. The number of carboxylic acid groups (broad SMARTS) is 1. The van der Waals surface area contributed by atoms with Crippen molar-refractivity contribution in [2.45, 2.75) is 25.4 Å². The molecule has 0 radical (unpaired) electrons. The number of hydrogen-bond donors (Lipinski definition) is 8. The molecule has 0 aliphatic heterocycles. The summed E-state index contributed by atoms with van der Waals surface area (Å²) in [5.41, 5.74) is 2.02. The van der Waals surface area contributed by atoms with Gasteiger partial charge in [-0.25, -0.2) is 9.59 Å². The van der Waals surface area contributed by atoms with E-state index in [4.69, 9.17) is 9.84 Å². The number of aliphatic hydroxyl groups is 1. The molecule has 0 unspecified atom stereocenters. The Hall–Kier alpha value is -5.16. The van der Waals surface area contributed by atoms with Crippen molar-refractivity contribution in [3.8, 4) is 34.5 Å². The van der Waals surface area contributed by atoms with Crippen LogP contribution in [0.4, 0.5) is 0 Å². The van der Waals surface area contributed by atoms with Gasteiger partial charge < -0.3 is 45.6 Å². The number of carbonyl (C=O) groups excluding carboxylic acids is 1. The van der Waals surface area contributed by atoms with E-state index in [0.29, 0.717) is 35.1 Å². The van der Waals surface area contributed by atoms with Gasteiger partial charge in [0.2, 0.25) is 6.10 Å². The van der Waals surface area contributed by atoms with Gasteiger partial charge in [0, 0.05) is 19.1 Å². The molecule has 11 nitrogen and oxygen atoms in total. The second kappa shape index (κ2) is 13.1. The summed E-state index contributed by atoms with van der Waals surface area (Å²) in [6.07, 6.45) is 4.20. The molecule has 1 atom stereocenters. The molecule has 0 saturated heterocycles. The third kappa shape index (κ3) is 7.68. The van der Waals surface area contributed by atoms with Gasteiger partial charge in [-0.1, -0.05) is 18.2 Å². The molecule has 0 heterocycles. The number of aliphatic carboxylic acids is 1. The molecular formula is C29H28O11. The topological polar surface area (TPSA) is 205 Å². The van der Waals surface area contributed by atoms with Crippen molar-refractivity contribution in [1.82, 2.24) is 0 Å². The Balaban J connectivity index is 1.84. The van der Waals surface area contributed by atoms with E-state index in [1.54, 1.807) is 6.08 Å². The number of aliphatic hydroxyl groups excluding tert-OH is 1. The van der Waals surface area contributed by atoms with Crippen LogP contribution in [0.1, 0.15) is 34.2 Å². The summed E-state index contributed by atoms with van der Waals surface area (Å²) in [5, 5.41) is 77.4. The summed E-state index contributed by atoms with van der Waals surface area (Å²) in [6, 6.07) is 8.79. The Labute approximate surface area is 228 Å². The number of phenols is 6. The molecule has 3 aromatic carbocycles. The summed E-state index contributed by atoms with van der Waals surface area (Å²) in [6.45, 7) is -0.0815. The minimum absolute atomic E-state index is 0.0815. The van der Waals surface area contributed by atoms with Gasteiger partial charge in [0.1, 0.15) is 0 Å². The molecule has 0 aliphatic carbocycles. The predicted molar refractivity (Wildman–Crippen MR) is 144 cm³/mol. The minimum Gasteiger partial charge on any atom is -0.504 e. The summed E-state index contributed by atoms with van der Waals surface area (Å²) in [5.74, 6) is -4.91. The van der Waals surface area contributed by atoms with Crippen molar-refractivity contribution in [3.05, 3.63) is 76.4 Å². The van der Waals surface area contributed by atoms with E-state index < -0.39 is 35.3 Å². The molecule has 0 aromatic heterocycles. The van der Waals surface area contributed by atoms with E-state index >= 15 is 0 Å². The van der Waals surface area contributed by atoms with E-state index in [1.165, 1.54) is 48.6 Å². The summed E-state index contributed by atoms with van der Waals surface area (Å²) >= 11 is 0. The number of carboxylic acids is 1. The SMILES string of the molecule is O=C(/C=C/c1cc(O)c(O)cc1/C=C/c1cc(O)c(O)cc1CCCO)O[C@H](Cc1ccc(O)c(O)c1)C(=O)O.